The highest BCUT2D eigenvalue weighted by molar-refractivity contribution is 7.92. The average Bonchev–Trinajstić information content (AvgIpc) is 3.50. The van der Waals surface area contributed by atoms with Crippen LogP contribution in [0.4, 0.5) is 17.1 Å². The zero-order valence-electron chi connectivity index (χ0n) is 26.5. The number of hydrogen-bond donors (Lipinski definition) is 3. The quantitative estimate of drug-likeness (QED) is 0.184. The van der Waals surface area contributed by atoms with Crippen molar-refractivity contribution in [1.82, 2.24) is 10.6 Å². The van der Waals surface area contributed by atoms with Gasteiger partial charge >= 0.3 is 0 Å². The topological polar surface area (TPSA) is 128 Å². The number of nitrogens with zero attached hydrogens (tertiary/aromatic N) is 2. The van der Waals surface area contributed by atoms with Crippen LogP contribution in [0.1, 0.15) is 34.3 Å². The molecule has 0 aliphatic carbocycles. The van der Waals surface area contributed by atoms with Crippen LogP contribution in [-0.2, 0) is 27.8 Å². The van der Waals surface area contributed by atoms with E-state index in [1.54, 1.807) is 54.5 Å². The summed E-state index contributed by atoms with van der Waals surface area (Å²) in [4.78, 5) is 28.3. The number of sulfonamides is 1. The van der Waals surface area contributed by atoms with Crippen molar-refractivity contribution in [2.75, 3.05) is 35.7 Å². The number of aliphatic hydroxyl groups is 1. The van der Waals surface area contributed by atoms with Gasteiger partial charge in [-0.05, 0) is 66.4 Å². The maximum atomic E-state index is 14.0. The molecule has 0 radical (unpaired) electrons. The van der Waals surface area contributed by atoms with Crippen LogP contribution in [0.3, 0.4) is 0 Å². The first-order valence-corrected chi connectivity index (χ1v) is 17.3. The summed E-state index contributed by atoms with van der Waals surface area (Å²) in [5, 5.41) is 17.6. The second-order valence-corrected chi connectivity index (χ2v) is 13.4. The van der Waals surface area contributed by atoms with E-state index in [0.29, 0.717) is 43.7 Å². The smallest absolute Gasteiger partial charge is 0.251 e. The van der Waals surface area contributed by atoms with Gasteiger partial charge in [0.2, 0.25) is 15.9 Å². The van der Waals surface area contributed by atoms with Gasteiger partial charge in [-0.3, -0.25) is 9.59 Å². The van der Waals surface area contributed by atoms with E-state index in [1.165, 1.54) is 6.07 Å². The summed E-state index contributed by atoms with van der Waals surface area (Å²) in [7, 11) is -2.23. The van der Waals surface area contributed by atoms with Gasteiger partial charge in [-0.25, -0.2) is 12.7 Å². The Bertz CT molecular complexity index is 1790. The minimum atomic E-state index is -3.84. The Morgan fingerprint density at radius 2 is 1.64 bits per heavy atom. The first-order chi connectivity index (χ1) is 22.6. The van der Waals surface area contributed by atoms with Crippen molar-refractivity contribution in [2.24, 2.45) is 0 Å². The molecule has 2 amide bonds. The van der Waals surface area contributed by atoms with Gasteiger partial charge in [0, 0.05) is 37.3 Å². The maximum absolute atomic E-state index is 14.0. The summed E-state index contributed by atoms with van der Waals surface area (Å²) >= 11 is 0. The van der Waals surface area contributed by atoms with Crippen molar-refractivity contribution in [3.63, 3.8) is 0 Å². The van der Waals surface area contributed by atoms with Crippen molar-refractivity contribution in [3.05, 3.63) is 120 Å². The predicted octanol–water partition coefficient (Wildman–Crippen LogP) is 4.41. The molecule has 1 fully saturated rings. The summed E-state index contributed by atoms with van der Waals surface area (Å²) in [5.74, 6) is 0.130. The molecule has 2 atom stereocenters. The predicted molar refractivity (Wildman–Crippen MR) is 184 cm³/mol. The monoisotopic (exact) mass is 656 g/mol. The molecule has 1 heterocycles. The zero-order chi connectivity index (χ0) is 33.4. The third kappa shape index (κ3) is 8.76. The van der Waals surface area contributed by atoms with Crippen LogP contribution < -0.4 is 24.6 Å². The molecule has 1 aliphatic heterocycles. The van der Waals surface area contributed by atoms with Gasteiger partial charge in [-0.15, -0.1) is 0 Å². The fraction of sp³-hybridized carbons (Fsp3) is 0.278. The Kier molecular flexibility index (Phi) is 10.9. The molecule has 3 N–H and O–H groups in total. The summed E-state index contributed by atoms with van der Waals surface area (Å²) in [6.07, 6.45) is 1.51. The van der Waals surface area contributed by atoms with E-state index in [0.717, 1.165) is 27.4 Å². The average molecular weight is 657 g/mol. The number of amides is 2. The van der Waals surface area contributed by atoms with Crippen LogP contribution in [0, 0.1) is 0 Å². The van der Waals surface area contributed by atoms with Gasteiger partial charge in [0.15, 0.2) is 0 Å². The lowest BCUT2D eigenvalue weighted by atomic mass is 10.00. The number of aliphatic hydroxyl groups excluding tert-OH is 1. The largest absolute Gasteiger partial charge is 0.497 e. The Labute approximate surface area is 276 Å². The van der Waals surface area contributed by atoms with E-state index in [4.69, 9.17) is 4.74 Å². The number of para-hydroxylation sites is 1. The SMILES string of the molecule is COc1cccc(CNC[C@@H](O)[C@H](Cc2ccccc2)NC(=O)c2cc(N3CCCC3=O)cc(N(c3ccccc3)S(C)(=O)=O)c2)c1. The molecule has 47 heavy (non-hydrogen) atoms. The molecule has 1 aliphatic rings. The molecule has 0 aromatic heterocycles. The first-order valence-electron chi connectivity index (χ1n) is 15.5. The fourth-order valence-corrected chi connectivity index (χ4v) is 6.70. The molecule has 4 aromatic rings. The normalized spacial score (nSPS) is 14.4. The number of anilines is 3. The lowest BCUT2D eigenvalue weighted by Crippen LogP contribution is -2.48. The van der Waals surface area contributed by atoms with E-state index in [2.05, 4.69) is 10.6 Å². The molecule has 4 aromatic carbocycles. The molecule has 0 saturated carbocycles. The summed E-state index contributed by atoms with van der Waals surface area (Å²) in [5.41, 5.74) is 3.12. The number of ether oxygens (including phenoxy) is 1. The highest BCUT2D eigenvalue weighted by atomic mass is 32.2. The Hall–Kier alpha value is -4.71. The Morgan fingerprint density at radius 1 is 0.936 bits per heavy atom. The van der Waals surface area contributed by atoms with Crippen molar-refractivity contribution >= 4 is 38.9 Å². The van der Waals surface area contributed by atoms with Gasteiger partial charge in [0.05, 0.1) is 36.9 Å². The number of carbonyl (C=O) groups is 2. The molecule has 1 saturated heterocycles. The fourth-order valence-electron chi connectivity index (χ4n) is 5.71. The third-order valence-corrected chi connectivity index (χ3v) is 9.09. The minimum absolute atomic E-state index is 0.0985. The molecule has 246 valence electrons. The van der Waals surface area contributed by atoms with Gasteiger partial charge < -0.3 is 25.4 Å². The first kappa shape index (κ1) is 33.6. The summed E-state index contributed by atoms with van der Waals surface area (Å²) < 4.78 is 32.7. The molecule has 10 nitrogen and oxygen atoms in total. The van der Waals surface area contributed by atoms with Crippen molar-refractivity contribution < 1.29 is 27.9 Å². The van der Waals surface area contributed by atoms with Gasteiger partial charge in [-0.2, -0.15) is 0 Å². The molecular weight excluding hydrogens is 616 g/mol. The van der Waals surface area contributed by atoms with Crippen molar-refractivity contribution in [2.45, 2.75) is 38.0 Å². The van der Waals surface area contributed by atoms with E-state index in [-0.39, 0.29) is 23.7 Å². The van der Waals surface area contributed by atoms with Crippen LogP contribution in [0.15, 0.2) is 103 Å². The number of rotatable bonds is 14. The van der Waals surface area contributed by atoms with Crippen LogP contribution in [0.2, 0.25) is 0 Å². The lowest BCUT2D eigenvalue weighted by Gasteiger charge is -2.27. The van der Waals surface area contributed by atoms with Crippen molar-refractivity contribution in [1.29, 1.82) is 0 Å². The highest BCUT2D eigenvalue weighted by Crippen LogP contribution is 2.34. The molecule has 0 spiro atoms. The third-order valence-electron chi connectivity index (χ3n) is 8.00. The van der Waals surface area contributed by atoms with E-state index >= 15 is 0 Å². The molecule has 0 bridgehead atoms. The standard InChI is InChI=1S/C36H40N4O6S/c1-46-32-16-9-13-27(19-32)24-37-25-34(41)33(20-26-11-5-3-6-12-26)38-36(43)28-21-30(39-18-10-17-35(39)42)23-31(22-28)40(47(2,44)45)29-14-7-4-8-15-29/h3-9,11-16,19,21-23,33-34,37,41H,10,17-18,20,24-25H2,1-2H3,(H,38,43)/t33-,34+/m0/s1. The molecule has 5 rings (SSSR count). The van der Waals surface area contributed by atoms with E-state index in [9.17, 15) is 23.1 Å². The maximum Gasteiger partial charge on any atom is 0.251 e. The Morgan fingerprint density at radius 3 is 2.30 bits per heavy atom. The molecular formula is C36H40N4O6S. The molecule has 0 unspecified atom stereocenters. The lowest BCUT2D eigenvalue weighted by molar-refractivity contribution is -0.117. The van der Waals surface area contributed by atoms with Crippen LogP contribution in [0.5, 0.6) is 5.75 Å². The number of carbonyl (C=O) groups excluding carboxylic acids is 2. The molecule has 11 heteroatoms. The van der Waals surface area contributed by atoms with Crippen LogP contribution >= 0.6 is 0 Å². The second kappa shape index (κ2) is 15.3. The summed E-state index contributed by atoms with van der Waals surface area (Å²) in [6, 6.07) is 29.8. The number of hydrogen-bond acceptors (Lipinski definition) is 7. The van der Waals surface area contributed by atoms with Gasteiger partial charge in [0.1, 0.15) is 5.75 Å². The number of benzene rings is 4. The minimum Gasteiger partial charge on any atom is -0.497 e. The van der Waals surface area contributed by atoms with Gasteiger partial charge in [0.25, 0.3) is 5.91 Å². The van der Waals surface area contributed by atoms with E-state index in [1.807, 2.05) is 54.6 Å². The van der Waals surface area contributed by atoms with Crippen LogP contribution in [-0.4, -0.2) is 63.9 Å². The van der Waals surface area contributed by atoms with Crippen LogP contribution in [0.25, 0.3) is 0 Å². The Balaban J connectivity index is 1.44. The number of methoxy groups -OCH3 is 1. The summed E-state index contributed by atoms with van der Waals surface area (Å²) in [6.45, 7) is 1.14. The highest BCUT2D eigenvalue weighted by Gasteiger charge is 2.28. The van der Waals surface area contributed by atoms with Crippen molar-refractivity contribution in [3.8, 4) is 5.75 Å². The number of nitrogens with one attached hydrogen (secondary N) is 2. The second-order valence-electron chi connectivity index (χ2n) is 11.6. The van der Waals surface area contributed by atoms with E-state index < -0.39 is 28.1 Å². The zero-order valence-corrected chi connectivity index (χ0v) is 27.3. The van der Waals surface area contributed by atoms with Gasteiger partial charge in [-0.1, -0.05) is 60.7 Å².